The second-order valence-electron chi connectivity index (χ2n) is 9.87. The van der Waals surface area contributed by atoms with Crippen molar-refractivity contribution < 1.29 is 24.5 Å². The van der Waals surface area contributed by atoms with Gasteiger partial charge in [-0.1, -0.05) is 97.1 Å². The summed E-state index contributed by atoms with van der Waals surface area (Å²) < 4.78 is 12.1. The first-order valence-corrected chi connectivity index (χ1v) is 13.5. The third-order valence-electron chi connectivity index (χ3n) is 7.15. The first-order valence-electron chi connectivity index (χ1n) is 13.5. The molecule has 0 spiro atoms. The molecule has 7 heteroatoms. The molecule has 1 aliphatic rings. The lowest BCUT2D eigenvalue weighted by Gasteiger charge is -2.35. The van der Waals surface area contributed by atoms with Gasteiger partial charge in [-0.15, -0.1) is 0 Å². The third-order valence-corrected chi connectivity index (χ3v) is 7.15. The van der Waals surface area contributed by atoms with Gasteiger partial charge in [-0.2, -0.15) is 0 Å². The average molecular weight is 539 g/mol. The Bertz CT molecular complexity index is 1220. The second kappa shape index (κ2) is 13.2. The van der Waals surface area contributed by atoms with E-state index in [1.807, 2.05) is 121 Å². The van der Waals surface area contributed by atoms with Crippen LogP contribution in [0.15, 0.2) is 121 Å². The highest BCUT2D eigenvalue weighted by molar-refractivity contribution is 5.76. The summed E-state index contributed by atoms with van der Waals surface area (Å²) in [4.78, 5) is 17.6. The van der Waals surface area contributed by atoms with Crippen LogP contribution in [0.3, 0.4) is 0 Å². The Kier molecular flexibility index (Phi) is 8.96. The number of carbonyl (C=O) groups is 1. The fourth-order valence-corrected chi connectivity index (χ4v) is 4.98. The number of aliphatic hydroxyl groups excluding tert-OH is 2. The van der Waals surface area contributed by atoms with Crippen molar-refractivity contribution in [2.45, 2.75) is 37.4 Å². The number of nitrogens with zero attached hydrogens (tertiary/aromatic N) is 2. The zero-order chi connectivity index (χ0) is 27.7. The van der Waals surface area contributed by atoms with E-state index < -0.39 is 24.3 Å². The Morgan fingerprint density at radius 3 is 1.20 bits per heavy atom. The van der Waals surface area contributed by atoms with E-state index >= 15 is 0 Å². The summed E-state index contributed by atoms with van der Waals surface area (Å²) in [5.41, 5.74) is 1.81. The Morgan fingerprint density at radius 1 is 0.525 bits per heavy atom. The third kappa shape index (κ3) is 6.62. The van der Waals surface area contributed by atoms with Crippen LogP contribution in [0.2, 0.25) is 0 Å². The van der Waals surface area contributed by atoms with E-state index in [0.717, 1.165) is 11.1 Å². The molecule has 4 aromatic rings. The van der Waals surface area contributed by atoms with E-state index in [9.17, 15) is 15.0 Å². The van der Waals surface area contributed by atoms with Gasteiger partial charge in [0.05, 0.1) is 12.1 Å². The van der Waals surface area contributed by atoms with Gasteiger partial charge in [0, 0.05) is 13.1 Å². The van der Waals surface area contributed by atoms with E-state index in [0.29, 0.717) is 11.5 Å². The van der Waals surface area contributed by atoms with Crippen LogP contribution >= 0.6 is 0 Å². The minimum Gasteiger partial charge on any atom is -0.491 e. The minimum atomic E-state index is -1.29. The van der Waals surface area contributed by atoms with Gasteiger partial charge in [0.2, 0.25) is 0 Å². The summed E-state index contributed by atoms with van der Waals surface area (Å²) in [6.07, 6.45) is -2.58. The molecule has 4 atom stereocenters. The molecule has 206 valence electrons. The average Bonchev–Trinajstić information content (AvgIpc) is 3.07. The summed E-state index contributed by atoms with van der Waals surface area (Å²) in [7, 11) is 0. The normalized spacial score (nSPS) is 21.1. The summed E-state index contributed by atoms with van der Waals surface area (Å²) in [6.45, 7) is 0.492. The second-order valence-corrected chi connectivity index (χ2v) is 9.87. The summed E-state index contributed by atoms with van der Waals surface area (Å²) in [5.74, 6) is 1.23. The molecule has 1 fully saturated rings. The van der Waals surface area contributed by atoms with Crippen molar-refractivity contribution >= 4 is 6.03 Å². The Morgan fingerprint density at radius 2 is 0.850 bits per heavy atom. The van der Waals surface area contributed by atoms with Crippen LogP contribution in [0, 0.1) is 0 Å². The number of hydrogen-bond donors (Lipinski definition) is 2. The largest absolute Gasteiger partial charge is 0.491 e. The number of rotatable bonds is 10. The quantitative estimate of drug-likeness (QED) is 0.305. The molecule has 5 rings (SSSR count). The Labute approximate surface area is 234 Å². The molecule has 2 N–H and O–H groups in total. The summed E-state index contributed by atoms with van der Waals surface area (Å²) in [5, 5.41) is 23.2. The highest BCUT2D eigenvalue weighted by Gasteiger charge is 2.47. The predicted molar refractivity (Wildman–Crippen MR) is 153 cm³/mol. The smallest absolute Gasteiger partial charge is 0.321 e. The number of hydrogen-bond acceptors (Lipinski definition) is 5. The van der Waals surface area contributed by atoms with Crippen LogP contribution in [-0.4, -0.2) is 63.5 Å². The van der Waals surface area contributed by atoms with Crippen LogP contribution in [0.4, 0.5) is 4.79 Å². The van der Waals surface area contributed by atoms with Gasteiger partial charge >= 0.3 is 6.03 Å². The number of urea groups is 1. The molecular weight excluding hydrogens is 504 g/mol. The van der Waals surface area contributed by atoms with E-state index in [2.05, 4.69) is 0 Å². The molecule has 0 aliphatic carbocycles. The molecule has 2 amide bonds. The van der Waals surface area contributed by atoms with E-state index in [1.165, 1.54) is 0 Å². The van der Waals surface area contributed by atoms with Crippen molar-refractivity contribution in [3.8, 4) is 11.5 Å². The van der Waals surface area contributed by atoms with Crippen molar-refractivity contribution in [3.05, 3.63) is 132 Å². The lowest BCUT2D eigenvalue weighted by Crippen LogP contribution is -2.52. The maximum atomic E-state index is 14.4. The Balaban J connectivity index is 1.50. The first kappa shape index (κ1) is 27.2. The lowest BCUT2D eigenvalue weighted by molar-refractivity contribution is -0.0565. The molecule has 0 saturated carbocycles. The van der Waals surface area contributed by atoms with Crippen LogP contribution in [0.1, 0.15) is 11.1 Å². The zero-order valence-corrected chi connectivity index (χ0v) is 22.2. The van der Waals surface area contributed by atoms with Crippen LogP contribution in [0.5, 0.6) is 11.5 Å². The van der Waals surface area contributed by atoms with E-state index in [4.69, 9.17) is 9.47 Å². The van der Waals surface area contributed by atoms with E-state index in [-0.39, 0.29) is 32.3 Å². The van der Waals surface area contributed by atoms with Gasteiger partial charge in [-0.05, 0) is 35.4 Å². The summed E-state index contributed by atoms with van der Waals surface area (Å²) in [6, 6.07) is 35.8. The van der Waals surface area contributed by atoms with Crippen molar-refractivity contribution in [2.75, 3.05) is 13.2 Å². The van der Waals surface area contributed by atoms with Crippen molar-refractivity contribution in [2.24, 2.45) is 0 Å². The number of ether oxygens (including phenoxy) is 2. The molecule has 1 heterocycles. The molecule has 7 nitrogen and oxygen atoms in total. The van der Waals surface area contributed by atoms with Crippen LogP contribution < -0.4 is 9.47 Å². The minimum absolute atomic E-state index is 0.00620. The maximum absolute atomic E-state index is 14.4. The molecule has 0 unspecified atom stereocenters. The van der Waals surface area contributed by atoms with Gasteiger partial charge < -0.3 is 29.5 Å². The number of amides is 2. The SMILES string of the molecule is O=C1N(Cc2ccccc2)[C@H](COc2ccccc2)[C@H](O)[C@@H](O)[C@@H](COc2ccccc2)N1Cc1ccccc1. The Hall–Kier alpha value is -4.33. The monoisotopic (exact) mass is 538 g/mol. The van der Waals surface area contributed by atoms with Gasteiger partial charge in [-0.25, -0.2) is 4.79 Å². The standard InChI is InChI=1S/C33H34N2O5/c36-31-29(23-39-27-17-9-3-10-18-27)34(21-25-13-5-1-6-14-25)33(38)35(22-26-15-7-2-8-16-26)30(32(31)37)24-40-28-19-11-4-12-20-28/h1-20,29-32,36-37H,21-24H2/t29-,30-,31+,32+/m1/s1. The zero-order valence-electron chi connectivity index (χ0n) is 22.2. The van der Waals surface area contributed by atoms with Crippen LogP contribution in [-0.2, 0) is 13.1 Å². The molecule has 1 aliphatic heterocycles. The number of carbonyl (C=O) groups excluding carboxylic acids is 1. The van der Waals surface area contributed by atoms with Crippen molar-refractivity contribution in [1.82, 2.24) is 9.80 Å². The molecular formula is C33H34N2O5. The molecule has 40 heavy (non-hydrogen) atoms. The maximum Gasteiger partial charge on any atom is 0.321 e. The van der Waals surface area contributed by atoms with Gasteiger partial charge in [0.25, 0.3) is 0 Å². The van der Waals surface area contributed by atoms with Gasteiger partial charge in [0.15, 0.2) is 0 Å². The molecule has 1 saturated heterocycles. The van der Waals surface area contributed by atoms with Gasteiger partial charge in [-0.3, -0.25) is 0 Å². The van der Waals surface area contributed by atoms with Crippen molar-refractivity contribution in [3.63, 3.8) is 0 Å². The van der Waals surface area contributed by atoms with Crippen LogP contribution in [0.25, 0.3) is 0 Å². The number of para-hydroxylation sites is 2. The predicted octanol–water partition coefficient (Wildman–Crippen LogP) is 4.74. The summed E-state index contributed by atoms with van der Waals surface area (Å²) >= 11 is 0. The molecule has 0 aromatic heterocycles. The fourth-order valence-electron chi connectivity index (χ4n) is 4.98. The highest BCUT2D eigenvalue weighted by Crippen LogP contribution is 2.28. The van der Waals surface area contributed by atoms with E-state index in [1.54, 1.807) is 9.80 Å². The fraction of sp³-hybridized carbons (Fsp3) is 0.242. The number of aliphatic hydroxyl groups is 2. The molecule has 4 aromatic carbocycles. The molecule has 0 radical (unpaired) electrons. The van der Waals surface area contributed by atoms with Crippen molar-refractivity contribution in [1.29, 1.82) is 0 Å². The highest BCUT2D eigenvalue weighted by atomic mass is 16.5. The molecule has 0 bridgehead atoms. The lowest BCUT2D eigenvalue weighted by atomic mass is 9.99. The number of benzene rings is 4. The van der Waals surface area contributed by atoms with Gasteiger partial charge in [0.1, 0.15) is 36.9 Å². The topological polar surface area (TPSA) is 82.5 Å². The first-order chi connectivity index (χ1) is 19.6.